The van der Waals surface area contributed by atoms with Crippen LogP contribution in [0.3, 0.4) is 0 Å². The molecule has 0 aliphatic heterocycles. The molecule has 1 N–H and O–H groups in total. The number of amides is 1. The van der Waals surface area contributed by atoms with Gasteiger partial charge >= 0.3 is 0 Å². The van der Waals surface area contributed by atoms with Gasteiger partial charge in [-0.25, -0.2) is 5.43 Å². The van der Waals surface area contributed by atoms with E-state index in [1.165, 1.54) is 5.56 Å². The summed E-state index contributed by atoms with van der Waals surface area (Å²) in [5, 5.41) is 4.04. The van der Waals surface area contributed by atoms with Crippen LogP contribution < -0.4 is 19.6 Å². The summed E-state index contributed by atoms with van der Waals surface area (Å²) >= 11 is 0. The first-order chi connectivity index (χ1) is 16.2. The Kier molecular flexibility index (Phi) is 9.33. The molecule has 0 unspecified atom stereocenters. The lowest BCUT2D eigenvalue weighted by atomic mass is 10.2. The Balaban J connectivity index is 1.48. The normalized spacial score (nSPS) is 10.7. The van der Waals surface area contributed by atoms with Crippen molar-refractivity contribution in [3.05, 3.63) is 89.5 Å². The molecular weight excluding hydrogens is 416 g/mol. The number of hydrogen-bond donors (Lipinski definition) is 1. The molecule has 0 radical (unpaired) electrons. The van der Waals surface area contributed by atoms with Crippen LogP contribution in [0.25, 0.3) is 0 Å². The van der Waals surface area contributed by atoms with Gasteiger partial charge in [0.15, 0.2) is 11.5 Å². The van der Waals surface area contributed by atoms with E-state index in [-0.39, 0.29) is 5.91 Å². The Morgan fingerprint density at radius 1 is 0.879 bits per heavy atom. The van der Waals surface area contributed by atoms with Crippen LogP contribution in [0.15, 0.2) is 77.9 Å². The zero-order valence-corrected chi connectivity index (χ0v) is 19.1. The lowest BCUT2D eigenvalue weighted by molar-refractivity contribution is 0.0955. The first-order valence-electron chi connectivity index (χ1n) is 11.2. The molecular formula is C27H30N2O4. The molecule has 0 fully saturated rings. The summed E-state index contributed by atoms with van der Waals surface area (Å²) in [6.07, 6.45) is 3.34. The Hall–Kier alpha value is -3.80. The van der Waals surface area contributed by atoms with Gasteiger partial charge in [0.05, 0.1) is 26.0 Å². The van der Waals surface area contributed by atoms with Crippen LogP contribution in [0.2, 0.25) is 0 Å². The van der Waals surface area contributed by atoms with Crippen LogP contribution in [-0.4, -0.2) is 31.9 Å². The molecule has 172 valence electrons. The predicted octanol–water partition coefficient (Wildman–Crippen LogP) is 5.26. The number of nitrogens with zero attached hydrogens (tertiary/aromatic N) is 1. The summed E-state index contributed by atoms with van der Waals surface area (Å²) in [5.41, 5.74) is 5.16. The van der Waals surface area contributed by atoms with E-state index in [4.69, 9.17) is 14.2 Å². The summed E-state index contributed by atoms with van der Waals surface area (Å²) in [6.45, 7) is 5.64. The highest BCUT2D eigenvalue weighted by Crippen LogP contribution is 2.28. The van der Waals surface area contributed by atoms with Crippen molar-refractivity contribution >= 4 is 12.1 Å². The third-order valence-corrected chi connectivity index (χ3v) is 4.83. The molecule has 0 spiro atoms. The standard InChI is InChI=1S/C27H30N2O4/c1-3-21-11-14-24(15-12-21)32-17-8-18-33-25-16-13-22(19-26(25)31-4-2)20-28-29-27(30)23-9-6-5-7-10-23/h5-7,9-16,19-20H,3-4,8,17-18H2,1-2H3,(H,29,30)/b28-20+. The van der Waals surface area contributed by atoms with Crippen molar-refractivity contribution in [3.8, 4) is 17.2 Å². The molecule has 0 atom stereocenters. The number of aryl methyl sites for hydroxylation is 1. The Bertz CT molecular complexity index is 1030. The second kappa shape index (κ2) is 12.9. The first-order valence-corrected chi connectivity index (χ1v) is 11.2. The Labute approximate surface area is 195 Å². The van der Waals surface area contributed by atoms with Crippen molar-refractivity contribution in [2.75, 3.05) is 19.8 Å². The molecule has 3 rings (SSSR count). The fraction of sp³-hybridized carbons (Fsp3) is 0.259. The Morgan fingerprint density at radius 2 is 1.64 bits per heavy atom. The van der Waals surface area contributed by atoms with Crippen molar-refractivity contribution in [3.63, 3.8) is 0 Å². The van der Waals surface area contributed by atoms with Crippen molar-refractivity contribution in [1.29, 1.82) is 0 Å². The first kappa shape index (κ1) is 23.9. The van der Waals surface area contributed by atoms with Crippen LogP contribution in [0, 0.1) is 0 Å². The van der Waals surface area contributed by atoms with E-state index >= 15 is 0 Å². The molecule has 0 bridgehead atoms. The van der Waals surface area contributed by atoms with Gasteiger partial charge in [0, 0.05) is 12.0 Å². The van der Waals surface area contributed by atoms with E-state index in [1.54, 1.807) is 18.3 Å². The number of nitrogens with one attached hydrogen (secondary N) is 1. The maximum absolute atomic E-state index is 12.1. The molecule has 0 aliphatic carbocycles. The maximum Gasteiger partial charge on any atom is 0.271 e. The summed E-state index contributed by atoms with van der Waals surface area (Å²) < 4.78 is 17.4. The van der Waals surface area contributed by atoms with E-state index < -0.39 is 0 Å². The van der Waals surface area contributed by atoms with E-state index in [1.807, 2.05) is 55.5 Å². The average molecular weight is 447 g/mol. The number of hydrazone groups is 1. The SMILES string of the molecule is CCOc1cc(/C=N/NC(=O)c2ccccc2)ccc1OCCCOc1ccc(CC)cc1. The van der Waals surface area contributed by atoms with Gasteiger partial charge in [0.25, 0.3) is 5.91 Å². The molecule has 0 aliphatic rings. The highest BCUT2D eigenvalue weighted by atomic mass is 16.5. The summed E-state index contributed by atoms with van der Waals surface area (Å²) in [6, 6.07) is 22.6. The van der Waals surface area contributed by atoms with Gasteiger partial charge in [-0.3, -0.25) is 4.79 Å². The highest BCUT2D eigenvalue weighted by molar-refractivity contribution is 5.94. The van der Waals surface area contributed by atoms with Gasteiger partial charge in [0.1, 0.15) is 5.75 Å². The molecule has 6 nitrogen and oxygen atoms in total. The lowest BCUT2D eigenvalue weighted by Gasteiger charge is -2.13. The fourth-order valence-corrected chi connectivity index (χ4v) is 3.06. The molecule has 0 aromatic heterocycles. The minimum atomic E-state index is -0.264. The number of ether oxygens (including phenoxy) is 3. The predicted molar refractivity (Wildman–Crippen MR) is 131 cm³/mol. The van der Waals surface area contributed by atoms with Gasteiger partial charge in [0.2, 0.25) is 0 Å². The summed E-state index contributed by atoms with van der Waals surface area (Å²) in [7, 11) is 0. The zero-order valence-electron chi connectivity index (χ0n) is 19.1. The largest absolute Gasteiger partial charge is 0.493 e. The van der Waals surface area contributed by atoms with E-state index in [0.717, 1.165) is 24.2 Å². The van der Waals surface area contributed by atoms with E-state index in [9.17, 15) is 4.79 Å². The number of carbonyl (C=O) groups is 1. The summed E-state index contributed by atoms with van der Waals surface area (Å²) in [5.74, 6) is 1.90. The van der Waals surface area contributed by atoms with Crippen LogP contribution >= 0.6 is 0 Å². The smallest absolute Gasteiger partial charge is 0.271 e. The minimum Gasteiger partial charge on any atom is -0.493 e. The quantitative estimate of drug-likeness (QED) is 0.234. The molecule has 0 saturated carbocycles. The van der Waals surface area contributed by atoms with Gasteiger partial charge in [-0.2, -0.15) is 5.10 Å². The maximum atomic E-state index is 12.1. The number of rotatable bonds is 12. The molecule has 6 heteroatoms. The van der Waals surface area contributed by atoms with Gasteiger partial charge in [-0.1, -0.05) is 37.3 Å². The molecule has 3 aromatic rings. The second-order valence-electron chi connectivity index (χ2n) is 7.25. The van der Waals surface area contributed by atoms with Crippen LogP contribution in [0.1, 0.15) is 41.8 Å². The van der Waals surface area contributed by atoms with Crippen LogP contribution in [-0.2, 0) is 6.42 Å². The fourth-order valence-electron chi connectivity index (χ4n) is 3.06. The number of hydrogen-bond acceptors (Lipinski definition) is 5. The van der Waals surface area contributed by atoms with E-state index in [0.29, 0.717) is 36.9 Å². The van der Waals surface area contributed by atoms with Crippen molar-refractivity contribution in [2.24, 2.45) is 5.10 Å². The van der Waals surface area contributed by atoms with Gasteiger partial charge < -0.3 is 14.2 Å². The topological polar surface area (TPSA) is 69.2 Å². The van der Waals surface area contributed by atoms with Gasteiger partial charge in [-0.05, 0) is 66.9 Å². The third-order valence-electron chi connectivity index (χ3n) is 4.83. The molecule has 3 aromatic carbocycles. The molecule has 0 saturated heterocycles. The molecule has 1 amide bonds. The Morgan fingerprint density at radius 3 is 2.36 bits per heavy atom. The zero-order chi connectivity index (χ0) is 23.3. The van der Waals surface area contributed by atoms with Crippen molar-refractivity contribution in [2.45, 2.75) is 26.7 Å². The second-order valence-corrected chi connectivity index (χ2v) is 7.25. The van der Waals surface area contributed by atoms with Crippen molar-refractivity contribution in [1.82, 2.24) is 5.43 Å². The molecule has 0 heterocycles. The van der Waals surface area contributed by atoms with Crippen molar-refractivity contribution < 1.29 is 19.0 Å². The van der Waals surface area contributed by atoms with Crippen LogP contribution in [0.5, 0.6) is 17.2 Å². The van der Waals surface area contributed by atoms with Crippen LogP contribution in [0.4, 0.5) is 0 Å². The van der Waals surface area contributed by atoms with E-state index in [2.05, 4.69) is 29.6 Å². The lowest BCUT2D eigenvalue weighted by Crippen LogP contribution is -2.17. The summed E-state index contributed by atoms with van der Waals surface area (Å²) in [4.78, 5) is 12.1. The number of carbonyl (C=O) groups excluding carboxylic acids is 1. The highest BCUT2D eigenvalue weighted by Gasteiger charge is 2.07. The monoisotopic (exact) mass is 446 g/mol. The number of benzene rings is 3. The van der Waals surface area contributed by atoms with Gasteiger partial charge in [-0.15, -0.1) is 0 Å². The molecule has 33 heavy (non-hydrogen) atoms. The average Bonchev–Trinajstić information content (AvgIpc) is 2.86. The minimum absolute atomic E-state index is 0.264. The third kappa shape index (κ3) is 7.68.